The molecule has 0 spiro atoms. The number of hydrogen-bond donors (Lipinski definition) is 1. The Morgan fingerprint density at radius 1 is 1.50 bits per heavy atom. The number of rotatable bonds is 2. The van der Waals surface area contributed by atoms with Gasteiger partial charge in [-0.2, -0.15) is 13.2 Å². The molecule has 2 rings (SSSR count). The molecule has 1 aromatic heterocycles. The van der Waals surface area contributed by atoms with Crippen LogP contribution < -0.4 is 10.6 Å². The van der Waals surface area contributed by atoms with E-state index in [4.69, 9.17) is 10.5 Å². The molecule has 0 bridgehead atoms. The standard InChI is InChI=1S/C13H18F3N3O/c1-12(2)8-19(7-10(6-17)20-12)11-5-9(3-4-18-11)13(14,15)16/h3-5,10H,6-8,17H2,1-2H3. The molecule has 20 heavy (non-hydrogen) atoms. The van der Waals surface area contributed by atoms with Gasteiger partial charge in [0.05, 0.1) is 17.3 Å². The van der Waals surface area contributed by atoms with E-state index in [0.29, 0.717) is 25.5 Å². The van der Waals surface area contributed by atoms with Gasteiger partial charge in [-0.3, -0.25) is 0 Å². The molecule has 1 fully saturated rings. The number of alkyl halides is 3. The van der Waals surface area contributed by atoms with Crippen molar-refractivity contribution in [1.29, 1.82) is 0 Å². The highest BCUT2D eigenvalue weighted by molar-refractivity contribution is 5.43. The lowest BCUT2D eigenvalue weighted by molar-refractivity contribution is -0.137. The Balaban J connectivity index is 2.26. The molecule has 0 aromatic carbocycles. The van der Waals surface area contributed by atoms with E-state index < -0.39 is 17.3 Å². The molecule has 0 amide bonds. The summed E-state index contributed by atoms with van der Waals surface area (Å²) in [5.41, 5.74) is 4.44. The van der Waals surface area contributed by atoms with Crippen LogP contribution in [0.1, 0.15) is 19.4 Å². The summed E-state index contributed by atoms with van der Waals surface area (Å²) in [7, 11) is 0. The van der Waals surface area contributed by atoms with Crippen LogP contribution in [0.2, 0.25) is 0 Å². The van der Waals surface area contributed by atoms with Gasteiger partial charge in [-0.15, -0.1) is 0 Å². The summed E-state index contributed by atoms with van der Waals surface area (Å²) < 4.78 is 44.0. The smallest absolute Gasteiger partial charge is 0.367 e. The van der Waals surface area contributed by atoms with Gasteiger partial charge < -0.3 is 15.4 Å². The largest absolute Gasteiger partial charge is 0.416 e. The van der Waals surface area contributed by atoms with Gasteiger partial charge in [0.2, 0.25) is 0 Å². The maximum Gasteiger partial charge on any atom is 0.416 e. The summed E-state index contributed by atoms with van der Waals surface area (Å²) in [5.74, 6) is 0.301. The molecule has 2 N–H and O–H groups in total. The monoisotopic (exact) mass is 289 g/mol. The van der Waals surface area contributed by atoms with Crippen molar-refractivity contribution < 1.29 is 17.9 Å². The lowest BCUT2D eigenvalue weighted by atomic mass is 10.0. The van der Waals surface area contributed by atoms with E-state index in [-0.39, 0.29) is 6.10 Å². The highest BCUT2D eigenvalue weighted by Crippen LogP contribution is 2.32. The van der Waals surface area contributed by atoms with E-state index in [9.17, 15) is 13.2 Å². The Kier molecular flexibility index (Phi) is 3.93. The third-order valence-electron chi connectivity index (χ3n) is 3.14. The van der Waals surface area contributed by atoms with Gasteiger partial charge in [0.15, 0.2) is 0 Å². The van der Waals surface area contributed by atoms with E-state index in [1.165, 1.54) is 6.20 Å². The van der Waals surface area contributed by atoms with Gasteiger partial charge in [0.1, 0.15) is 5.82 Å². The third-order valence-corrected chi connectivity index (χ3v) is 3.14. The van der Waals surface area contributed by atoms with Crippen LogP contribution in [-0.2, 0) is 10.9 Å². The fourth-order valence-electron chi connectivity index (χ4n) is 2.36. The zero-order valence-corrected chi connectivity index (χ0v) is 11.4. The normalized spacial score (nSPS) is 22.9. The molecule has 4 nitrogen and oxygen atoms in total. The Morgan fingerprint density at radius 2 is 2.20 bits per heavy atom. The van der Waals surface area contributed by atoms with E-state index in [0.717, 1.165) is 12.1 Å². The molecule has 1 aromatic rings. The number of anilines is 1. The van der Waals surface area contributed by atoms with Crippen molar-refractivity contribution in [3.05, 3.63) is 23.9 Å². The Bertz CT molecular complexity index is 476. The van der Waals surface area contributed by atoms with Crippen LogP contribution in [0.25, 0.3) is 0 Å². The Labute approximate surface area is 115 Å². The van der Waals surface area contributed by atoms with E-state index in [1.807, 2.05) is 13.8 Å². The predicted octanol–water partition coefficient (Wildman–Crippen LogP) is 2.04. The lowest BCUT2D eigenvalue weighted by Crippen LogP contribution is -2.55. The molecular weight excluding hydrogens is 271 g/mol. The van der Waals surface area contributed by atoms with Crippen LogP contribution in [-0.4, -0.2) is 36.3 Å². The van der Waals surface area contributed by atoms with Gasteiger partial charge in [-0.05, 0) is 26.0 Å². The number of hydrogen-bond acceptors (Lipinski definition) is 4. The summed E-state index contributed by atoms with van der Waals surface area (Å²) in [5, 5.41) is 0. The SMILES string of the molecule is CC1(C)CN(c2cc(C(F)(F)F)ccn2)CC(CN)O1. The second-order valence-corrected chi connectivity index (χ2v) is 5.52. The summed E-state index contributed by atoms with van der Waals surface area (Å²) >= 11 is 0. The Morgan fingerprint density at radius 3 is 2.80 bits per heavy atom. The Hall–Kier alpha value is -1.34. The highest BCUT2D eigenvalue weighted by atomic mass is 19.4. The topological polar surface area (TPSA) is 51.4 Å². The molecule has 1 aliphatic rings. The second-order valence-electron chi connectivity index (χ2n) is 5.52. The first-order chi connectivity index (χ1) is 9.21. The third kappa shape index (κ3) is 3.40. The van der Waals surface area contributed by atoms with Crippen LogP contribution in [0.3, 0.4) is 0 Å². The predicted molar refractivity (Wildman–Crippen MR) is 69.5 cm³/mol. The van der Waals surface area contributed by atoms with Crippen molar-refractivity contribution in [2.45, 2.75) is 31.7 Å². The number of nitrogens with two attached hydrogens (primary N) is 1. The first kappa shape index (κ1) is 15.1. The molecule has 112 valence electrons. The number of pyridine rings is 1. The van der Waals surface area contributed by atoms with Gasteiger partial charge >= 0.3 is 6.18 Å². The number of halogens is 3. The van der Waals surface area contributed by atoms with E-state index in [2.05, 4.69) is 4.98 Å². The van der Waals surface area contributed by atoms with Crippen molar-refractivity contribution in [2.75, 3.05) is 24.5 Å². The molecule has 1 saturated heterocycles. The molecule has 0 radical (unpaired) electrons. The fourth-order valence-corrected chi connectivity index (χ4v) is 2.36. The van der Waals surface area contributed by atoms with Crippen molar-refractivity contribution in [2.24, 2.45) is 5.73 Å². The van der Waals surface area contributed by atoms with Crippen LogP contribution >= 0.6 is 0 Å². The zero-order valence-electron chi connectivity index (χ0n) is 11.4. The molecule has 7 heteroatoms. The summed E-state index contributed by atoms with van der Waals surface area (Å²) in [6.45, 7) is 5.00. The quantitative estimate of drug-likeness (QED) is 0.905. The van der Waals surface area contributed by atoms with Crippen molar-refractivity contribution in [1.82, 2.24) is 4.98 Å². The fraction of sp³-hybridized carbons (Fsp3) is 0.615. The van der Waals surface area contributed by atoms with Crippen molar-refractivity contribution in [3.63, 3.8) is 0 Å². The lowest BCUT2D eigenvalue weighted by Gasteiger charge is -2.43. The summed E-state index contributed by atoms with van der Waals surface area (Å²) in [6.07, 6.45) is -3.40. The molecule has 1 aliphatic heterocycles. The molecule has 0 aliphatic carbocycles. The van der Waals surface area contributed by atoms with Crippen LogP contribution in [0.15, 0.2) is 18.3 Å². The minimum atomic E-state index is -4.37. The number of ether oxygens (including phenoxy) is 1. The van der Waals surface area contributed by atoms with E-state index >= 15 is 0 Å². The molecular formula is C13H18F3N3O. The van der Waals surface area contributed by atoms with Crippen LogP contribution in [0, 0.1) is 0 Å². The summed E-state index contributed by atoms with van der Waals surface area (Å²) in [4.78, 5) is 5.83. The van der Waals surface area contributed by atoms with Gasteiger partial charge in [-0.25, -0.2) is 4.98 Å². The minimum absolute atomic E-state index is 0.213. The number of morpholine rings is 1. The second kappa shape index (κ2) is 5.21. The zero-order chi connectivity index (χ0) is 15.0. The molecule has 1 unspecified atom stereocenters. The van der Waals surface area contributed by atoms with Crippen molar-refractivity contribution >= 4 is 5.82 Å². The maximum atomic E-state index is 12.7. The molecule has 1 atom stereocenters. The first-order valence-corrected chi connectivity index (χ1v) is 6.37. The molecule has 0 saturated carbocycles. The maximum absolute atomic E-state index is 12.7. The molecule has 2 heterocycles. The number of aromatic nitrogens is 1. The van der Waals surface area contributed by atoms with Gasteiger partial charge in [0.25, 0.3) is 0 Å². The average molecular weight is 289 g/mol. The van der Waals surface area contributed by atoms with Crippen LogP contribution in [0.5, 0.6) is 0 Å². The van der Waals surface area contributed by atoms with Crippen LogP contribution in [0.4, 0.5) is 19.0 Å². The van der Waals surface area contributed by atoms with E-state index in [1.54, 1.807) is 4.90 Å². The summed E-state index contributed by atoms with van der Waals surface area (Å²) in [6, 6.07) is 2.03. The first-order valence-electron chi connectivity index (χ1n) is 6.37. The van der Waals surface area contributed by atoms with Crippen molar-refractivity contribution in [3.8, 4) is 0 Å². The number of nitrogens with zero attached hydrogens (tertiary/aromatic N) is 2. The average Bonchev–Trinajstić information content (AvgIpc) is 2.36. The minimum Gasteiger partial charge on any atom is -0.367 e. The van der Waals surface area contributed by atoms with Gasteiger partial charge in [-0.1, -0.05) is 0 Å². The van der Waals surface area contributed by atoms with Gasteiger partial charge in [0, 0.05) is 25.8 Å². The highest BCUT2D eigenvalue weighted by Gasteiger charge is 2.35.